The predicted octanol–water partition coefficient (Wildman–Crippen LogP) is 1.10. The number of methoxy groups -OCH3 is 1. The van der Waals surface area contributed by atoms with Crippen molar-refractivity contribution in [3.05, 3.63) is 16.7 Å². The number of aliphatic hydroxyl groups is 1. The Morgan fingerprint density at radius 1 is 1.12 bits per heavy atom. The van der Waals surface area contributed by atoms with Crippen molar-refractivity contribution in [1.82, 2.24) is 0 Å². The predicted molar refractivity (Wildman–Crippen MR) is 62.2 cm³/mol. The molecule has 0 saturated heterocycles. The molecule has 3 rings (SSSR count). The van der Waals surface area contributed by atoms with Gasteiger partial charge in [0.05, 0.1) is 20.3 Å². The van der Waals surface area contributed by atoms with Gasteiger partial charge in [0.1, 0.15) is 5.75 Å². The standard InChI is InChI=1S/C13H16O4/c1-15-12-10-4-7-16-11(10)8(2-5-14)9-3-6-17-13(9)12/h14H,2-7H2,1H3. The van der Waals surface area contributed by atoms with Gasteiger partial charge in [-0.25, -0.2) is 0 Å². The number of hydrogen-bond donors (Lipinski definition) is 1. The smallest absolute Gasteiger partial charge is 0.168 e. The van der Waals surface area contributed by atoms with Gasteiger partial charge in [0.15, 0.2) is 11.5 Å². The van der Waals surface area contributed by atoms with Gasteiger partial charge in [-0.1, -0.05) is 0 Å². The fraction of sp³-hybridized carbons (Fsp3) is 0.538. The molecule has 2 aliphatic heterocycles. The largest absolute Gasteiger partial charge is 0.493 e. The van der Waals surface area contributed by atoms with Crippen LogP contribution >= 0.6 is 0 Å². The quantitative estimate of drug-likeness (QED) is 0.853. The summed E-state index contributed by atoms with van der Waals surface area (Å²) in [7, 11) is 1.67. The van der Waals surface area contributed by atoms with Crippen LogP contribution in [-0.4, -0.2) is 32.0 Å². The van der Waals surface area contributed by atoms with Gasteiger partial charge in [-0.15, -0.1) is 0 Å². The van der Waals surface area contributed by atoms with Crippen molar-refractivity contribution in [1.29, 1.82) is 0 Å². The highest BCUT2D eigenvalue weighted by Crippen LogP contribution is 2.48. The number of rotatable bonds is 3. The van der Waals surface area contributed by atoms with E-state index in [1.807, 2.05) is 0 Å². The molecule has 1 aromatic rings. The zero-order chi connectivity index (χ0) is 11.8. The monoisotopic (exact) mass is 236 g/mol. The lowest BCUT2D eigenvalue weighted by Crippen LogP contribution is -2.01. The number of fused-ring (bicyclic) bond motifs is 2. The summed E-state index contributed by atoms with van der Waals surface area (Å²) in [5.41, 5.74) is 3.35. The second-order valence-corrected chi connectivity index (χ2v) is 4.30. The average Bonchev–Trinajstić information content (AvgIpc) is 2.96. The molecule has 92 valence electrons. The third-order valence-corrected chi connectivity index (χ3v) is 3.43. The van der Waals surface area contributed by atoms with E-state index >= 15 is 0 Å². The molecule has 2 heterocycles. The molecule has 0 fully saturated rings. The maximum absolute atomic E-state index is 9.18. The third-order valence-electron chi connectivity index (χ3n) is 3.43. The fourth-order valence-corrected chi connectivity index (χ4v) is 2.75. The summed E-state index contributed by atoms with van der Waals surface area (Å²) in [6.45, 7) is 1.51. The maximum Gasteiger partial charge on any atom is 0.168 e. The van der Waals surface area contributed by atoms with Crippen LogP contribution in [0.5, 0.6) is 17.2 Å². The van der Waals surface area contributed by atoms with E-state index in [0.717, 1.165) is 46.8 Å². The number of benzene rings is 1. The van der Waals surface area contributed by atoms with E-state index in [1.54, 1.807) is 7.11 Å². The first-order valence-electron chi connectivity index (χ1n) is 5.97. The minimum Gasteiger partial charge on any atom is -0.493 e. The lowest BCUT2D eigenvalue weighted by atomic mass is 9.96. The van der Waals surface area contributed by atoms with Crippen molar-refractivity contribution in [2.45, 2.75) is 19.3 Å². The molecular formula is C13H16O4. The molecule has 0 bridgehead atoms. The van der Waals surface area contributed by atoms with Gasteiger partial charge in [0.25, 0.3) is 0 Å². The highest BCUT2D eigenvalue weighted by Gasteiger charge is 2.31. The van der Waals surface area contributed by atoms with Crippen LogP contribution < -0.4 is 14.2 Å². The molecular weight excluding hydrogens is 220 g/mol. The highest BCUT2D eigenvalue weighted by molar-refractivity contribution is 5.65. The van der Waals surface area contributed by atoms with Crippen molar-refractivity contribution in [2.75, 3.05) is 26.9 Å². The Hall–Kier alpha value is -1.42. The van der Waals surface area contributed by atoms with Crippen molar-refractivity contribution >= 4 is 0 Å². The lowest BCUT2D eigenvalue weighted by Gasteiger charge is -2.15. The van der Waals surface area contributed by atoms with E-state index < -0.39 is 0 Å². The number of aliphatic hydroxyl groups excluding tert-OH is 1. The Kier molecular flexibility index (Phi) is 2.59. The molecule has 0 atom stereocenters. The van der Waals surface area contributed by atoms with Gasteiger partial charge in [0, 0.05) is 36.1 Å². The molecule has 0 unspecified atom stereocenters. The van der Waals surface area contributed by atoms with Crippen molar-refractivity contribution in [3.63, 3.8) is 0 Å². The minimum absolute atomic E-state index is 0.134. The first kappa shape index (κ1) is 10.7. The Bertz CT molecular complexity index is 418. The van der Waals surface area contributed by atoms with E-state index in [-0.39, 0.29) is 6.61 Å². The first-order valence-corrected chi connectivity index (χ1v) is 5.97. The molecule has 0 aromatic heterocycles. The Morgan fingerprint density at radius 2 is 1.82 bits per heavy atom. The molecule has 0 aliphatic carbocycles. The molecule has 2 aliphatic rings. The zero-order valence-electron chi connectivity index (χ0n) is 9.91. The zero-order valence-corrected chi connectivity index (χ0v) is 9.91. The molecule has 17 heavy (non-hydrogen) atoms. The van der Waals surface area contributed by atoms with Crippen molar-refractivity contribution < 1.29 is 19.3 Å². The van der Waals surface area contributed by atoms with Gasteiger partial charge in [0.2, 0.25) is 0 Å². The molecule has 0 radical (unpaired) electrons. The lowest BCUT2D eigenvalue weighted by molar-refractivity contribution is 0.294. The normalized spacial score (nSPS) is 16.1. The van der Waals surface area contributed by atoms with Crippen molar-refractivity contribution in [2.24, 2.45) is 0 Å². The Labute approximate surface area is 100 Å². The molecule has 0 amide bonds. The summed E-state index contributed by atoms with van der Waals surface area (Å²) < 4.78 is 16.8. The molecule has 1 aromatic carbocycles. The topological polar surface area (TPSA) is 47.9 Å². The molecule has 4 nitrogen and oxygen atoms in total. The molecule has 0 saturated carbocycles. The van der Waals surface area contributed by atoms with Crippen LogP contribution in [0.15, 0.2) is 0 Å². The second kappa shape index (κ2) is 4.11. The van der Waals surface area contributed by atoms with Crippen LogP contribution in [0.4, 0.5) is 0 Å². The van der Waals surface area contributed by atoms with Gasteiger partial charge in [-0.3, -0.25) is 0 Å². The Balaban J connectivity index is 2.23. The van der Waals surface area contributed by atoms with E-state index in [0.29, 0.717) is 19.6 Å². The van der Waals surface area contributed by atoms with Crippen molar-refractivity contribution in [3.8, 4) is 17.2 Å². The average molecular weight is 236 g/mol. The summed E-state index contributed by atoms with van der Waals surface area (Å²) in [4.78, 5) is 0. The maximum atomic E-state index is 9.18. The van der Waals surface area contributed by atoms with Gasteiger partial charge < -0.3 is 19.3 Å². The molecule has 1 N–H and O–H groups in total. The number of ether oxygens (including phenoxy) is 3. The van der Waals surface area contributed by atoms with Crippen LogP contribution in [0, 0.1) is 0 Å². The SMILES string of the molecule is COc1c2c(c(CCO)c3c1OCC3)OCC2. The van der Waals surface area contributed by atoms with Gasteiger partial charge in [-0.2, -0.15) is 0 Å². The molecule has 4 heteroatoms. The summed E-state index contributed by atoms with van der Waals surface area (Å²) in [6.07, 6.45) is 2.35. The van der Waals surface area contributed by atoms with Crippen LogP contribution in [0.2, 0.25) is 0 Å². The molecule has 0 spiro atoms. The van der Waals surface area contributed by atoms with E-state index in [4.69, 9.17) is 14.2 Å². The van der Waals surface area contributed by atoms with Gasteiger partial charge >= 0.3 is 0 Å². The van der Waals surface area contributed by atoms with Crippen LogP contribution in [-0.2, 0) is 19.3 Å². The van der Waals surface area contributed by atoms with Gasteiger partial charge in [-0.05, 0) is 6.42 Å². The third kappa shape index (κ3) is 1.47. The van der Waals surface area contributed by atoms with E-state index in [9.17, 15) is 5.11 Å². The van der Waals surface area contributed by atoms with Crippen LogP contribution in [0.25, 0.3) is 0 Å². The summed E-state index contributed by atoms with van der Waals surface area (Å²) in [5.74, 6) is 2.60. The minimum atomic E-state index is 0.134. The number of hydrogen-bond acceptors (Lipinski definition) is 4. The van der Waals surface area contributed by atoms with Crippen LogP contribution in [0.1, 0.15) is 16.7 Å². The summed E-state index contributed by atoms with van der Waals surface area (Å²) in [5, 5.41) is 9.18. The van der Waals surface area contributed by atoms with Crippen LogP contribution in [0.3, 0.4) is 0 Å². The first-order chi connectivity index (χ1) is 8.36. The van der Waals surface area contributed by atoms with E-state index in [1.165, 1.54) is 0 Å². The van der Waals surface area contributed by atoms with E-state index in [2.05, 4.69) is 0 Å². The fourth-order valence-electron chi connectivity index (χ4n) is 2.75. The summed E-state index contributed by atoms with van der Waals surface area (Å²) in [6, 6.07) is 0. The Morgan fingerprint density at radius 3 is 2.53 bits per heavy atom. The highest BCUT2D eigenvalue weighted by atomic mass is 16.5. The summed E-state index contributed by atoms with van der Waals surface area (Å²) >= 11 is 0. The second-order valence-electron chi connectivity index (χ2n) is 4.30.